The van der Waals surface area contributed by atoms with Crippen molar-refractivity contribution >= 4 is 13.8 Å². The molecule has 9 atom stereocenters. The highest BCUT2D eigenvalue weighted by Crippen LogP contribution is 2.68. The van der Waals surface area contributed by atoms with Crippen molar-refractivity contribution < 1.29 is 33.5 Å². The first-order chi connectivity index (χ1) is 15.5. The van der Waals surface area contributed by atoms with Gasteiger partial charge in [-0.25, -0.2) is 4.57 Å². The molecule has 0 spiro atoms. The summed E-state index contributed by atoms with van der Waals surface area (Å²) in [6.07, 6.45) is 11.6. The van der Waals surface area contributed by atoms with E-state index in [-0.39, 0.29) is 24.7 Å². The van der Waals surface area contributed by atoms with Crippen LogP contribution in [0, 0.1) is 46.3 Å². The van der Waals surface area contributed by atoms with Crippen molar-refractivity contribution in [2.45, 2.75) is 97.5 Å². The third-order valence-electron chi connectivity index (χ3n) is 10.7. The van der Waals surface area contributed by atoms with Crippen LogP contribution in [0.15, 0.2) is 0 Å². The predicted molar refractivity (Wildman–Crippen MR) is 124 cm³/mol. The molecule has 0 aromatic heterocycles. The number of phosphoric acid groups is 1. The molecule has 0 saturated heterocycles. The predicted octanol–water partition coefficient (Wildman–Crippen LogP) is 5.60. The molecule has 0 aromatic carbocycles. The summed E-state index contributed by atoms with van der Waals surface area (Å²) < 4.78 is 22.1. The Morgan fingerprint density at radius 2 is 1.79 bits per heavy atom. The van der Waals surface area contributed by atoms with Gasteiger partial charge in [-0.05, 0) is 97.7 Å². The Labute approximate surface area is 198 Å². The number of carboxylic acids is 1. The van der Waals surface area contributed by atoms with Crippen LogP contribution in [0.3, 0.4) is 0 Å². The summed E-state index contributed by atoms with van der Waals surface area (Å²) in [5, 5.41) is 9.19. The van der Waals surface area contributed by atoms with Crippen molar-refractivity contribution in [1.82, 2.24) is 0 Å². The second kappa shape index (κ2) is 9.54. The molecule has 8 heteroatoms. The molecule has 33 heavy (non-hydrogen) atoms. The van der Waals surface area contributed by atoms with Crippen molar-refractivity contribution in [2.24, 2.45) is 46.3 Å². The quantitative estimate of drug-likeness (QED) is 0.302. The zero-order chi connectivity index (χ0) is 24.0. The lowest BCUT2D eigenvalue weighted by atomic mass is 9.44. The van der Waals surface area contributed by atoms with Crippen LogP contribution in [-0.2, 0) is 18.6 Å². The first-order valence-corrected chi connectivity index (χ1v) is 14.5. The Morgan fingerprint density at radius 3 is 2.48 bits per heavy atom. The minimum atomic E-state index is -4.56. The second-order valence-corrected chi connectivity index (χ2v) is 13.3. The summed E-state index contributed by atoms with van der Waals surface area (Å²) in [5.74, 6) is 2.24. The Kier molecular flexibility index (Phi) is 7.41. The van der Waals surface area contributed by atoms with Gasteiger partial charge in [0.25, 0.3) is 0 Å². The third kappa shape index (κ3) is 4.95. The van der Waals surface area contributed by atoms with Crippen molar-refractivity contribution in [3.8, 4) is 0 Å². The molecule has 0 bridgehead atoms. The summed E-state index contributed by atoms with van der Waals surface area (Å²) >= 11 is 0. The molecule has 0 aliphatic heterocycles. The van der Waals surface area contributed by atoms with Crippen molar-refractivity contribution in [3.63, 3.8) is 0 Å². The largest absolute Gasteiger partial charge is 0.481 e. The van der Waals surface area contributed by atoms with Gasteiger partial charge in [-0.3, -0.25) is 9.32 Å². The Morgan fingerprint density at radius 1 is 1.06 bits per heavy atom. The van der Waals surface area contributed by atoms with Gasteiger partial charge in [-0.1, -0.05) is 33.6 Å². The number of phosphoric ester groups is 1. The number of ether oxygens (including phenoxy) is 1. The molecule has 4 aliphatic carbocycles. The van der Waals surface area contributed by atoms with Gasteiger partial charge in [0.1, 0.15) is 0 Å². The number of rotatable bonds is 8. The Hall–Kier alpha value is -0.460. The normalized spacial score (nSPS) is 43.9. The molecule has 4 fully saturated rings. The first-order valence-electron chi connectivity index (χ1n) is 13.0. The summed E-state index contributed by atoms with van der Waals surface area (Å²) in [6, 6.07) is 0. The van der Waals surface area contributed by atoms with E-state index in [1.807, 2.05) is 0 Å². The van der Waals surface area contributed by atoms with Gasteiger partial charge in [-0.2, -0.15) is 0 Å². The molecular formula is C25H43O7P. The summed E-state index contributed by atoms with van der Waals surface area (Å²) in [4.78, 5) is 29.5. The number of carbonyl (C=O) groups is 1. The Bertz CT molecular complexity index is 768. The smallest absolute Gasteiger partial charge is 0.471 e. The van der Waals surface area contributed by atoms with E-state index in [0.29, 0.717) is 40.9 Å². The fourth-order valence-corrected chi connectivity index (χ4v) is 9.32. The number of carboxylic acid groups (broad SMARTS) is 1. The molecule has 0 heterocycles. The van der Waals surface area contributed by atoms with Crippen LogP contribution in [-0.4, -0.2) is 33.8 Å². The van der Waals surface area contributed by atoms with E-state index in [2.05, 4.69) is 20.8 Å². The van der Waals surface area contributed by atoms with E-state index in [9.17, 15) is 14.5 Å². The average molecular weight is 487 g/mol. The van der Waals surface area contributed by atoms with E-state index < -0.39 is 13.8 Å². The third-order valence-corrected chi connectivity index (χ3v) is 11.1. The van der Waals surface area contributed by atoms with E-state index >= 15 is 0 Å². The number of hydrogen-bond donors (Lipinski definition) is 3. The highest BCUT2D eigenvalue weighted by atomic mass is 31.2. The van der Waals surface area contributed by atoms with Gasteiger partial charge in [0.15, 0.2) is 6.79 Å². The maximum Gasteiger partial charge on any atom is 0.471 e. The van der Waals surface area contributed by atoms with Crippen LogP contribution < -0.4 is 0 Å². The molecule has 0 aromatic rings. The monoisotopic (exact) mass is 486 g/mol. The number of hydrogen-bond acceptors (Lipinski definition) is 4. The number of fused-ring (bicyclic) bond motifs is 5. The molecule has 4 aliphatic rings. The number of aliphatic carboxylic acids is 1. The fourth-order valence-electron chi connectivity index (χ4n) is 9.12. The van der Waals surface area contributed by atoms with Crippen molar-refractivity contribution in [3.05, 3.63) is 0 Å². The molecule has 0 radical (unpaired) electrons. The van der Waals surface area contributed by atoms with Gasteiger partial charge < -0.3 is 19.6 Å². The van der Waals surface area contributed by atoms with Crippen LogP contribution in [0.2, 0.25) is 0 Å². The SMILES string of the molecule is C[C@H](CCC(=O)O)[C@H]1CC[C@H]2[C@@H]3C(OCOP(=O)(O)O)C[C@@H]4CCCC[C@]4(C)[C@H]3CC[C@]12C. The average Bonchev–Trinajstić information content (AvgIpc) is 3.08. The van der Waals surface area contributed by atoms with Gasteiger partial charge in [0.2, 0.25) is 0 Å². The summed E-state index contributed by atoms with van der Waals surface area (Å²) in [6.45, 7) is 6.81. The van der Waals surface area contributed by atoms with Gasteiger partial charge in [0.05, 0.1) is 6.10 Å². The van der Waals surface area contributed by atoms with Crippen molar-refractivity contribution in [1.29, 1.82) is 0 Å². The standard InChI is InChI=1S/C25H43O7P/c1-16(7-10-22(26)27)18-8-9-19-23-20(11-13-25(18,19)3)24(2)12-5-4-6-17(24)14-21(23)31-15-32-33(28,29)30/h16-21,23H,4-15H2,1-3H3,(H,26,27)(H2,28,29,30)/t16-,17+,18-,19+,20+,21?,23+,24+,25-/m1/s1. The highest BCUT2D eigenvalue weighted by Gasteiger charge is 2.62. The molecule has 1 unspecified atom stereocenters. The lowest BCUT2D eigenvalue weighted by Gasteiger charge is -2.62. The van der Waals surface area contributed by atoms with Crippen LogP contribution in [0.4, 0.5) is 0 Å². The lowest BCUT2D eigenvalue weighted by molar-refractivity contribution is -0.196. The zero-order valence-corrected chi connectivity index (χ0v) is 21.3. The minimum Gasteiger partial charge on any atom is -0.481 e. The minimum absolute atomic E-state index is 0.0320. The molecule has 0 amide bonds. The van der Waals surface area contributed by atoms with E-state index in [1.165, 1.54) is 38.5 Å². The van der Waals surface area contributed by atoms with Crippen LogP contribution >= 0.6 is 7.82 Å². The topological polar surface area (TPSA) is 113 Å². The van der Waals surface area contributed by atoms with E-state index in [0.717, 1.165) is 25.7 Å². The van der Waals surface area contributed by atoms with Gasteiger partial charge in [-0.15, -0.1) is 0 Å². The van der Waals surface area contributed by atoms with Crippen LogP contribution in [0.5, 0.6) is 0 Å². The Balaban J connectivity index is 1.58. The summed E-state index contributed by atoms with van der Waals surface area (Å²) in [7, 11) is -4.56. The fraction of sp³-hybridized carbons (Fsp3) is 0.960. The van der Waals surface area contributed by atoms with Gasteiger partial charge in [0, 0.05) is 6.42 Å². The molecule has 4 saturated carbocycles. The first kappa shape index (κ1) is 25.6. The molecule has 7 nitrogen and oxygen atoms in total. The molecule has 190 valence electrons. The maximum absolute atomic E-state index is 11.2. The molecule has 3 N–H and O–H groups in total. The maximum atomic E-state index is 11.2. The van der Waals surface area contributed by atoms with Crippen LogP contribution in [0.1, 0.15) is 91.4 Å². The second-order valence-electron chi connectivity index (χ2n) is 12.1. The van der Waals surface area contributed by atoms with Crippen molar-refractivity contribution in [2.75, 3.05) is 6.79 Å². The lowest BCUT2D eigenvalue weighted by Crippen LogP contribution is -2.58. The highest BCUT2D eigenvalue weighted by molar-refractivity contribution is 7.46. The van der Waals surface area contributed by atoms with Gasteiger partial charge >= 0.3 is 13.8 Å². The van der Waals surface area contributed by atoms with E-state index in [1.54, 1.807) is 0 Å². The molecule has 4 rings (SSSR count). The molecular weight excluding hydrogens is 443 g/mol. The summed E-state index contributed by atoms with van der Waals surface area (Å²) in [5.41, 5.74) is 0.490. The van der Waals surface area contributed by atoms with Crippen LogP contribution in [0.25, 0.3) is 0 Å². The van der Waals surface area contributed by atoms with E-state index in [4.69, 9.17) is 19.0 Å². The zero-order valence-electron chi connectivity index (χ0n) is 20.4.